The first-order chi connectivity index (χ1) is 14.6. The van der Waals surface area contributed by atoms with Gasteiger partial charge in [0.15, 0.2) is 0 Å². The molecule has 1 amide bonds. The molecule has 0 radical (unpaired) electrons. The molecule has 1 atom stereocenters. The molecule has 4 rings (SSSR count). The average molecular weight is 429 g/mol. The van der Waals surface area contributed by atoms with Crippen molar-refractivity contribution in [1.82, 2.24) is 20.1 Å². The van der Waals surface area contributed by atoms with E-state index in [9.17, 15) is 4.79 Å². The predicted octanol–water partition coefficient (Wildman–Crippen LogP) is 4.48. The molecule has 2 aromatic heterocycles. The second-order valence-electron chi connectivity index (χ2n) is 6.81. The summed E-state index contributed by atoms with van der Waals surface area (Å²) in [7, 11) is 0. The minimum atomic E-state index is -0.410. The molecule has 1 aliphatic rings. The van der Waals surface area contributed by atoms with Crippen molar-refractivity contribution in [2.75, 3.05) is 23.4 Å². The Hall–Kier alpha value is -3.20. The summed E-state index contributed by atoms with van der Waals surface area (Å²) in [5.74, 6) is 1.79. The van der Waals surface area contributed by atoms with Crippen molar-refractivity contribution in [3.8, 4) is 11.4 Å². The number of aromatic nitrogens is 4. The van der Waals surface area contributed by atoms with Crippen LogP contribution in [0.4, 0.5) is 16.6 Å². The zero-order valence-corrected chi connectivity index (χ0v) is 17.2. The van der Waals surface area contributed by atoms with E-state index >= 15 is 0 Å². The summed E-state index contributed by atoms with van der Waals surface area (Å²) in [5, 5.41) is 8.00. The molecule has 0 aliphatic carbocycles. The molecule has 3 heterocycles. The van der Waals surface area contributed by atoms with Crippen LogP contribution in [0.1, 0.15) is 38.1 Å². The third kappa shape index (κ3) is 4.51. The molecule has 9 nitrogen and oxygen atoms in total. The standard InChI is InChI=1S/C20H21ClN6O3/c1-2-3-4-15(18-25-17(26-30-18)13-5-7-14(21)8-6-13)23-19-22-10-9-16(24-19)27-11-12-29-20(27)28/h5-10,15H,2-4,11-12H2,1H3,(H,22,23,24). The van der Waals surface area contributed by atoms with Gasteiger partial charge in [0.2, 0.25) is 17.7 Å². The number of benzene rings is 1. The maximum Gasteiger partial charge on any atom is 0.415 e. The molecule has 3 aromatic rings. The number of rotatable bonds is 8. The Morgan fingerprint density at radius 1 is 1.23 bits per heavy atom. The quantitative estimate of drug-likeness (QED) is 0.559. The fourth-order valence-corrected chi connectivity index (χ4v) is 3.21. The van der Waals surface area contributed by atoms with Crippen molar-refractivity contribution < 1.29 is 14.1 Å². The van der Waals surface area contributed by atoms with E-state index in [0.717, 1.165) is 24.8 Å². The lowest BCUT2D eigenvalue weighted by Gasteiger charge is -2.16. The van der Waals surface area contributed by atoms with E-state index in [0.29, 0.717) is 41.7 Å². The normalized spacial score (nSPS) is 14.6. The summed E-state index contributed by atoms with van der Waals surface area (Å²) in [4.78, 5) is 26.6. The molecular formula is C20H21ClN6O3. The van der Waals surface area contributed by atoms with Crippen molar-refractivity contribution in [3.05, 3.63) is 47.4 Å². The fourth-order valence-electron chi connectivity index (χ4n) is 3.08. The number of hydrogen-bond donors (Lipinski definition) is 1. The van der Waals surface area contributed by atoms with E-state index in [1.54, 1.807) is 24.4 Å². The Kier molecular flexibility index (Phi) is 6.08. The van der Waals surface area contributed by atoms with E-state index in [-0.39, 0.29) is 6.04 Å². The van der Waals surface area contributed by atoms with E-state index in [4.69, 9.17) is 20.9 Å². The van der Waals surface area contributed by atoms with E-state index in [1.807, 2.05) is 12.1 Å². The van der Waals surface area contributed by atoms with E-state index in [1.165, 1.54) is 4.90 Å². The van der Waals surface area contributed by atoms with Crippen LogP contribution in [0, 0.1) is 0 Å². The van der Waals surface area contributed by atoms with Crippen LogP contribution >= 0.6 is 11.6 Å². The van der Waals surface area contributed by atoms with Crippen LogP contribution in [0.5, 0.6) is 0 Å². The van der Waals surface area contributed by atoms with Gasteiger partial charge in [0.05, 0.1) is 6.54 Å². The van der Waals surface area contributed by atoms with Crippen molar-refractivity contribution >= 4 is 29.5 Å². The Bertz CT molecular complexity index is 1010. The second kappa shape index (κ2) is 9.08. The van der Waals surface area contributed by atoms with Gasteiger partial charge >= 0.3 is 6.09 Å². The first-order valence-corrected chi connectivity index (χ1v) is 10.1. The first kappa shape index (κ1) is 20.1. The third-order valence-electron chi connectivity index (χ3n) is 4.67. The topological polar surface area (TPSA) is 106 Å². The molecule has 0 saturated carbocycles. The van der Waals surface area contributed by atoms with Gasteiger partial charge in [0.1, 0.15) is 18.5 Å². The number of cyclic esters (lactones) is 1. The summed E-state index contributed by atoms with van der Waals surface area (Å²) in [6.45, 7) is 2.92. The molecule has 156 valence electrons. The maximum absolute atomic E-state index is 11.8. The zero-order valence-electron chi connectivity index (χ0n) is 16.4. The van der Waals surface area contributed by atoms with Crippen molar-refractivity contribution in [3.63, 3.8) is 0 Å². The SMILES string of the molecule is CCCCC(Nc1nccc(N2CCOC2=O)n1)c1nc(-c2ccc(Cl)cc2)no1. The molecule has 1 aromatic carbocycles. The summed E-state index contributed by atoms with van der Waals surface area (Å²) >= 11 is 5.95. The summed E-state index contributed by atoms with van der Waals surface area (Å²) < 4.78 is 10.5. The number of halogens is 1. The number of carbonyl (C=O) groups excluding carboxylic acids is 1. The van der Waals surface area contributed by atoms with Crippen LogP contribution in [0.15, 0.2) is 41.1 Å². The highest BCUT2D eigenvalue weighted by Crippen LogP contribution is 2.26. The Morgan fingerprint density at radius 3 is 2.80 bits per heavy atom. The number of hydrogen-bond acceptors (Lipinski definition) is 8. The van der Waals surface area contributed by atoms with Crippen LogP contribution in [-0.2, 0) is 4.74 Å². The Labute approximate surface area is 178 Å². The lowest BCUT2D eigenvalue weighted by molar-refractivity contribution is 0.181. The number of nitrogens with zero attached hydrogens (tertiary/aromatic N) is 5. The maximum atomic E-state index is 11.8. The van der Waals surface area contributed by atoms with Crippen LogP contribution < -0.4 is 10.2 Å². The van der Waals surface area contributed by atoms with E-state index in [2.05, 4.69) is 32.3 Å². The highest BCUT2D eigenvalue weighted by Gasteiger charge is 2.26. The van der Waals surface area contributed by atoms with Gasteiger partial charge in [-0.05, 0) is 36.8 Å². The molecule has 1 fully saturated rings. The number of ether oxygens (including phenoxy) is 1. The van der Waals surface area contributed by atoms with Gasteiger partial charge in [-0.25, -0.2) is 9.78 Å². The first-order valence-electron chi connectivity index (χ1n) is 9.77. The molecule has 1 saturated heterocycles. The summed E-state index contributed by atoms with van der Waals surface area (Å²) in [6.07, 6.45) is 3.91. The van der Waals surface area contributed by atoms with Gasteiger partial charge in [-0.3, -0.25) is 4.90 Å². The summed E-state index contributed by atoms with van der Waals surface area (Å²) in [5.41, 5.74) is 0.814. The molecule has 0 spiro atoms. The lowest BCUT2D eigenvalue weighted by Crippen LogP contribution is -2.25. The number of amides is 1. The van der Waals surface area contributed by atoms with Gasteiger partial charge < -0.3 is 14.6 Å². The molecule has 1 unspecified atom stereocenters. The average Bonchev–Trinajstić information content (AvgIpc) is 3.41. The van der Waals surface area contributed by atoms with Gasteiger partial charge in [0, 0.05) is 16.8 Å². The van der Waals surface area contributed by atoms with Crippen molar-refractivity contribution in [2.24, 2.45) is 0 Å². The van der Waals surface area contributed by atoms with Crippen LogP contribution in [0.3, 0.4) is 0 Å². The molecule has 0 bridgehead atoms. The number of unbranched alkanes of at least 4 members (excludes halogenated alkanes) is 1. The Morgan fingerprint density at radius 2 is 2.07 bits per heavy atom. The minimum Gasteiger partial charge on any atom is -0.447 e. The monoisotopic (exact) mass is 428 g/mol. The number of nitrogens with one attached hydrogen (secondary N) is 1. The molecule has 1 N–H and O–H groups in total. The smallest absolute Gasteiger partial charge is 0.415 e. The Balaban J connectivity index is 1.55. The lowest BCUT2D eigenvalue weighted by atomic mass is 10.1. The molecular weight excluding hydrogens is 408 g/mol. The summed E-state index contributed by atoms with van der Waals surface area (Å²) in [6, 6.07) is 8.65. The molecule has 30 heavy (non-hydrogen) atoms. The highest BCUT2D eigenvalue weighted by atomic mass is 35.5. The van der Waals surface area contributed by atoms with Crippen LogP contribution in [0.2, 0.25) is 5.02 Å². The predicted molar refractivity (Wildman–Crippen MR) is 111 cm³/mol. The highest BCUT2D eigenvalue weighted by molar-refractivity contribution is 6.30. The minimum absolute atomic E-state index is 0.265. The third-order valence-corrected chi connectivity index (χ3v) is 4.92. The van der Waals surface area contributed by atoms with Crippen LogP contribution in [0.25, 0.3) is 11.4 Å². The van der Waals surface area contributed by atoms with Crippen molar-refractivity contribution in [1.29, 1.82) is 0 Å². The largest absolute Gasteiger partial charge is 0.447 e. The zero-order chi connectivity index (χ0) is 20.9. The van der Waals surface area contributed by atoms with E-state index < -0.39 is 6.09 Å². The van der Waals surface area contributed by atoms with Crippen molar-refractivity contribution in [2.45, 2.75) is 32.2 Å². The number of anilines is 2. The molecule has 10 heteroatoms. The molecule has 1 aliphatic heterocycles. The van der Waals surface area contributed by atoms with Gasteiger partial charge in [-0.2, -0.15) is 9.97 Å². The van der Waals surface area contributed by atoms with Gasteiger partial charge in [-0.15, -0.1) is 0 Å². The van der Waals surface area contributed by atoms with Crippen LogP contribution in [-0.4, -0.2) is 39.4 Å². The van der Waals surface area contributed by atoms with Gasteiger partial charge in [0.25, 0.3) is 0 Å². The fraction of sp³-hybridized carbons (Fsp3) is 0.350. The number of carbonyl (C=O) groups is 1. The van der Waals surface area contributed by atoms with Gasteiger partial charge in [-0.1, -0.05) is 36.5 Å². The second-order valence-corrected chi connectivity index (χ2v) is 7.24.